The molecule has 0 spiro atoms. The zero-order valence-corrected chi connectivity index (χ0v) is 17.6. The highest BCUT2D eigenvalue weighted by atomic mass is 16.5. The predicted octanol–water partition coefficient (Wildman–Crippen LogP) is 3.32. The highest BCUT2D eigenvalue weighted by Crippen LogP contribution is 2.28. The minimum absolute atomic E-state index is 0.0683. The van der Waals surface area contributed by atoms with Gasteiger partial charge in [-0.1, -0.05) is 31.2 Å². The molecule has 0 bridgehead atoms. The average molecular weight is 396 g/mol. The summed E-state index contributed by atoms with van der Waals surface area (Å²) in [4.78, 5) is 14.4. The van der Waals surface area contributed by atoms with Crippen molar-refractivity contribution in [2.24, 2.45) is 0 Å². The van der Waals surface area contributed by atoms with Gasteiger partial charge in [0.25, 0.3) is 5.91 Å². The van der Waals surface area contributed by atoms with Crippen LogP contribution in [0.2, 0.25) is 0 Å². The van der Waals surface area contributed by atoms with Crippen LogP contribution in [-0.4, -0.2) is 44.7 Å². The van der Waals surface area contributed by atoms with Crippen LogP contribution < -0.4 is 14.8 Å². The van der Waals surface area contributed by atoms with Gasteiger partial charge in [-0.05, 0) is 50.7 Å². The van der Waals surface area contributed by atoms with Crippen LogP contribution in [0.4, 0.5) is 0 Å². The van der Waals surface area contributed by atoms with Gasteiger partial charge in [0, 0.05) is 12.6 Å². The number of nitriles is 1. The number of ether oxygens (including phenoxy) is 2. The van der Waals surface area contributed by atoms with E-state index in [4.69, 9.17) is 14.7 Å². The van der Waals surface area contributed by atoms with E-state index < -0.39 is 0 Å². The molecular formula is C23H29N3O3. The molecule has 2 rings (SSSR count). The minimum atomic E-state index is -0.214. The summed E-state index contributed by atoms with van der Waals surface area (Å²) in [6.45, 7) is 4.78. The van der Waals surface area contributed by atoms with Crippen molar-refractivity contribution in [2.45, 2.75) is 26.3 Å². The number of amides is 1. The van der Waals surface area contributed by atoms with E-state index in [2.05, 4.69) is 47.5 Å². The third-order valence-electron chi connectivity index (χ3n) is 4.62. The lowest BCUT2D eigenvalue weighted by molar-refractivity contribution is -0.123. The topological polar surface area (TPSA) is 74.6 Å². The monoisotopic (exact) mass is 395 g/mol. The van der Waals surface area contributed by atoms with Crippen LogP contribution in [0.3, 0.4) is 0 Å². The summed E-state index contributed by atoms with van der Waals surface area (Å²) in [5.74, 6) is 0.690. The lowest BCUT2D eigenvalue weighted by Crippen LogP contribution is -2.36. The maximum absolute atomic E-state index is 12.3. The molecule has 0 aliphatic rings. The lowest BCUT2D eigenvalue weighted by Gasteiger charge is -2.25. The molecule has 6 heteroatoms. The molecule has 1 N–H and O–H groups in total. The summed E-state index contributed by atoms with van der Waals surface area (Å²) >= 11 is 0. The molecule has 0 aliphatic heterocycles. The van der Waals surface area contributed by atoms with E-state index in [0.29, 0.717) is 30.2 Å². The number of likely N-dealkylation sites (N-methyl/N-ethyl adjacent to an activating group) is 1. The first-order valence-electron chi connectivity index (χ1n) is 9.80. The van der Waals surface area contributed by atoms with Crippen molar-refractivity contribution >= 4 is 5.91 Å². The van der Waals surface area contributed by atoms with E-state index in [1.54, 1.807) is 18.2 Å². The lowest BCUT2D eigenvalue weighted by atomic mass is 10.0. The Bertz CT molecular complexity index is 841. The van der Waals surface area contributed by atoms with Gasteiger partial charge in [0.1, 0.15) is 0 Å². The first-order valence-corrected chi connectivity index (χ1v) is 9.80. The zero-order valence-electron chi connectivity index (χ0n) is 17.6. The van der Waals surface area contributed by atoms with Crippen LogP contribution in [0.5, 0.6) is 11.5 Å². The molecule has 2 aromatic carbocycles. The van der Waals surface area contributed by atoms with Gasteiger partial charge in [-0.2, -0.15) is 5.26 Å². The maximum atomic E-state index is 12.3. The normalized spacial score (nSPS) is 11.6. The number of benzene rings is 2. The number of carbonyl (C=O) groups excluding carboxylic acids is 1. The molecule has 0 aromatic heterocycles. The highest BCUT2D eigenvalue weighted by molar-refractivity contribution is 5.77. The molecule has 0 heterocycles. The Morgan fingerprint density at radius 2 is 1.83 bits per heavy atom. The first-order chi connectivity index (χ1) is 14.0. The van der Waals surface area contributed by atoms with Crippen molar-refractivity contribution in [3.05, 3.63) is 59.2 Å². The number of aryl methyl sites for hydroxylation is 1. The molecule has 0 aliphatic carbocycles. The Labute approximate surface area is 173 Å². The van der Waals surface area contributed by atoms with Crippen molar-refractivity contribution in [3.63, 3.8) is 0 Å². The Morgan fingerprint density at radius 3 is 2.41 bits per heavy atom. The Kier molecular flexibility index (Phi) is 8.50. The van der Waals surface area contributed by atoms with Crippen molar-refractivity contribution in [3.8, 4) is 17.6 Å². The summed E-state index contributed by atoms with van der Waals surface area (Å²) in [5, 5.41) is 12.0. The second-order valence-corrected chi connectivity index (χ2v) is 6.87. The number of nitrogens with zero attached hydrogens (tertiary/aromatic N) is 2. The third kappa shape index (κ3) is 6.51. The van der Waals surface area contributed by atoms with Crippen molar-refractivity contribution in [2.75, 3.05) is 33.9 Å². The summed E-state index contributed by atoms with van der Waals surface area (Å²) in [7, 11) is 3.98. The number of carbonyl (C=O) groups is 1. The van der Waals surface area contributed by atoms with E-state index in [9.17, 15) is 4.79 Å². The fourth-order valence-corrected chi connectivity index (χ4v) is 2.94. The van der Waals surface area contributed by atoms with E-state index in [1.165, 1.54) is 5.56 Å². The van der Waals surface area contributed by atoms with Gasteiger partial charge in [0.15, 0.2) is 18.1 Å². The molecule has 0 saturated carbocycles. The summed E-state index contributed by atoms with van der Waals surface area (Å²) < 4.78 is 11.1. The second-order valence-electron chi connectivity index (χ2n) is 6.87. The molecule has 154 valence electrons. The van der Waals surface area contributed by atoms with Crippen molar-refractivity contribution < 1.29 is 14.3 Å². The predicted molar refractivity (Wildman–Crippen MR) is 113 cm³/mol. The Balaban J connectivity index is 1.95. The van der Waals surface area contributed by atoms with E-state index in [0.717, 1.165) is 12.0 Å². The number of hydrogen-bond donors (Lipinski definition) is 1. The van der Waals surface area contributed by atoms with Crippen LogP contribution >= 0.6 is 0 Å². The van der Waals surface area contributed by atoms with E-state index in [-0.39, 0.29) is 18.6 Å². The molecule has 1 unspecified atom stereocenters. The molecule has 2 aromatic rings. The van der Waals surface area contributed by atoms with E-state index >= 15 is 0 Å². The molecule has 0 saturated heterocycles. The number of rotatable bonds is 10. The quantitative estimate of drug-likeness (QED) is 0.668. The summed E-state index contributed by atoms with van der Waals surface area (Å²) in [6, 6.07) is 15.5. The maximum Gasteiger partial charge on any atom is 0.258 e. The molecule has 1 atom stereocenters. The fraction of sp³-hybridized carbons (Fsp3) is 0.391. The molecule has 0 fully saturated rings. The first kappa shape index (κ1) is 22.3. The van der Waals surface area contributed by atoms with E-state index in [1.807, 2.05) is 21.0 Å². The molecular weight excluding hydrogens is 366 g/mol. The SMILES string of the molecule is CCOc1cc(C#N)ccc1OCC(=O)NCC(c1ccc(CC)cc1)N(C)C. The van der Waals surface area contributed by atoms with Gasteiger partial charge in [-0.25, -0.2) is 0 Å². The standard InChI is InChI=1S/C23H29N3O3/c1-5-17-7-10-19(11-8-17)20(26(3)4)15-25-23(27)16-29-21-12-9-18(14-24)13-22(21)28-6-2/h7-13,20H,5-6,15-16H2,1-4H3,(H,25,27). The van der Waals surface area contributed by atoms with Gasteiger partial charge < -0.3 is 19.7 Å². The largest absolute Gasteiger partial charge is 0.490 e. The minimum Gasteiger partial charge on any atom is -0.490 e. The third-order valence-corrected chi connectivity index (χ3v) is 4.62. The van der Waals surface area contributed by atoms with Gasteiger partial charge in [0.05, 0.1) is 24.3 Å². The van der Waals surface area contributed by atoms with Gasteiger partial charge in [-0.15, -0.1) is 0 Å². The van der Waals surface area contributed by atoms with Gasteiger partial charge >= 0.3 is 0 Å². The van der Waals surface area contributed by atoms with Crippen LogP contribution in [0.15, 0.2) is 42.5 Å². The highest BCUT2D eigenvalue weighted by Gasteiger charge is 2.16. The summed E-state index contributed by atoms with van der Waals surface area (Å²) in [5.41, 5.74) is 2.92. The van der Waals surface area contributed by atoms with Gasteiger partial charge in [-0.3, -0.25) is 4.79 Å². The summed E-state index contributed by atoms with van der Waals surface area (Å²) in [6.07, 6.45) is 1.00. The van der Waals surface area contributed by atoms with Crippen molar-refractivity contribution in [1.82, 2.24) is 10.2 Å². The number of nitrogens with one attached hydrogen (secondary N) is 1. The van der Waals surface area contributed by atoms with Crippen LogP contribution in [-0.2, 0) is 11.2 Å². The fourth-order valence-electron chi connectivity index (χ4n) is 2.94. The average Bonchev–Trinajstić information content (AvgIpc) is 2.73. The Morgan fingerprint density at radius 1 is 1.10 bits per heavy atom. The smallest absolute Gasteiger partial charge is 0.258 e. The van der Waals surface area contributed by atoms with Gasteiger partial charge in [0.2, 0.25) is 0 Å². The van der Waals surface area contributed by atoms with Crippen LogP contribution in [0.25, 0.3) is 0 Å². The Hall–Kier alpha value is -3.04. The number of hydrogen-bond acceptors (Lipinski definition) is 5. The second kappa shape index (κ2) is 11.1. The molecule has 6 nitrogen and oxygen atoms in total. The molecule has 0 radical (unpaired) electrons. The van der Waals surface area contributed by atoms with Crippen molar-refractivity contribution in [1.29, 1.82) is 5.26 Å². The van der Waals surface area contributed by atoms with Crippen LogP contribution in [0, 0.1) is 11.3 Å². The molecule has 29 heavy (non-hydrogen) atoms. The zero-order chi connectivity index (χ0) is 21.2. The molecule has 1 amide bonds. The van der Waals surface area contributed by atoms with Crippen LogP contribution in [0.1, 0.15) is 36.6 Å².